The maximum atomic E-state index is 13.9. The molecule has 12 nitrogen and oxygen atoms in total. The third-order valence-corrected chi connectivity index (χ3v) is 10.7. The van der Waals surface area contributed by atoms with E-state index in [0.717, 1.165) is 48.1 Å². The van der Waals surface area contributed by atoms with Gasteiger partial charge in [0, 0.05) is 37.7 Å². The molecule has 3 amide bonds. The van der Waals surface area contributed by atoms with Crippen LogP contribution in [-0.2, 0) is 30.7 Å². The molecule has 12 heteroatoms. The van der Waals surface area contributed by atoms with Gasteiger partial charge in [-0.2, -0.15) is 0 Å². The van der Waals surface area contributed by atoms with Crippen molar-refractivity contribution in [1.29, 1.82) is 0 Å². The molecule has 4 aliphatic heterocycles. The summed E-state index contributed by atoms with van der Waals surface area (Å²) in [4.78, 5) is 51.8. The average Bonchev–Trinajstić information content (AvgIpc) is 3.40. The summed E-state index contributed by atoms with van der Waals surface area (Å²) in [6, 6.07) is 20.9. The maximum Gasteiger partial charge on any atom is 0.257 e. The largest absolute Gasteiger partial charge is 0.493 e. The van der Waals surface area contributed by atoms with Gasteiger partial charge in [-0.15, -0.1) is 0 Å². The molecule has 2 N–H and O–H groups in total. The van der Waals surface area contributed by atoms with Crippen molar-refractivity contribution in [2.45, 2.75) is 64.2 Å². The number of primary amides is 1. The van der Waals surface area contributed by atoms with E-state index in [1.54, 1.807) is 24.1 Å². The van der Waals surface area contributed by atoms with E-state index in [9.17, 15) is 14.4 Å². The number of carbonyl (C=O) groups is 3. The molecule has 0 bridgehead atoms. The Morgan fingerprint density at radius 2 is 1.31 bits per heavy atom. The van der Waals surface area contributed by atoms with Crippen LogP contribution in [0.25, 0.3) is 0 Å². The summed E-state index contributed by atoms with van der Waals surface area (Å²) in [6.07, 6.45) is 7.55. The number of ether oxygens (including phenoxy) is 4. The number of unbranched alkanes of at least 4 members (excludes halogenated alkanes) is 2. The molecular weight excluding hydrogens is 699 g/mol. The standard InChI is InChI=1S/C43H43N5O7/c1-26-14-34-36(45-21-31-15-27-8-4-5-9-29(27)23-47(31)42(34)50)19-38(26)53-12-6-3-7-13-54-40-20-37-35(18-39(40)52-2)43(51)48-24-30-17-33(55-25-41(44)49)11-10-28(30)16-32(48)22-46-37/h4-5,8-11,14,17-22,31-32H,3,6-7,12-13,15-16,23-25H2,1-2H3,(H2,44,49)/t31-,32-/m0/s1. The third-order valence-electron chi connectivity index (χ3n) is 10.7. The molecule has 4 aromatic rings. The highest BCUT2D eigenvalue weighted by atomic mass is 16.5. The number of nitrogens with zero attached hydrogens (tertiary/aromatic N) is 4. The smallest absolute Gasteiger partial charge is 0.257 e. The number of aryl methyl sites for hydroxylation is 1. The first-order chi connectivity index (χ1) is 26.7. The zero-order valence-corrected chi connectivity index (χ0v) is 31.0. The molecule has 2 atom stereocenters. The van der Waals surface area contributed by atoms with E-state index in [4.69, 9.17) is 34.7 Å². The molecule has 4 heterocycles. The van der Waals surface area contributed by atoms with E-state index in [1.165, 1.54) is 11.1 Å². The number of hydrogen-bond donors (Lipinski definition) is 1. The molecule has 0 spiro atoms. The SMILES string of the molecule is COc1cc2c(cc1OCCCCCOc1cc3c(cc1C)C(=O)N1Cc4ccccc4C[C@H]1C=N3)N=C[C@@H]1Cc3ccc(OCC(N)=O)cc3CN1C2=O. The molecule has 4 aromatic carbocycles. The average molecular weight is 742 g/mol. The van der Waals surface area contributed by atoms with Crippen molar-refractivity contribution in [2.24, 2.45) is 15.7 Å². The van der Waals surface area contributed by atoms with Gasteiger partial charge in [-0.05, 0) is 91.1 Å². The molecule has 8 rings (SSSR count). The Hall–Kier alpha value is -6.17. The van der Waals surface area contributed by atoms with E-state index < -0.39 is 5.91 Å². The predicted octanol–water partition coefficient (Wildman–Crippen LogP) is 6.06. The molecule has 282 valence electrons. The molecular formula is C43H43N5O7. The van der Waals surface area contributed by atoms with Crippen molar-refractivity contribution in [1.82, 2.24) is 9.80 Å². The monoisotopic (exact) mass is 741 g/mol. The van der Waals surface area contributed by atoms with Gasteiger partial charge in [0.25, 0.3) is 17.7 Å². The fourth-order valence-electron chi connectivity index (χ4n) is 7.69. The summed E-state index contributed by atoms with van der Waals surface area (Å²) in [5, 5.41) is 0. The van der Waals surface area contributed by atoms with Crippen molar-refractivity contribution < 1.29 is 33.3 Å². The van der Waals surface area contributed by atoms with Crippen LogP contribution in [0.1, 0.15) is 67.8 Å². The second kappa shape index (κ2) is 15.3. The lowest BCUT2D eigenvalue weighted by Gasteiger charge is -2.34. The van der Waals surface area contributed by atoms with Crippen molar-refractivity contribution >= 4 is 41.5 Å². The minimum absolute atomic E-state index is 0.00185. The van der Waals surface area contributed by atoms with Crippen LogP contribution in [0.5, 0.6) is 23.0 Å². The zero-order valence-electron chi connectivity index (χ0n) is 31.0. The summed E-state index contributed by atoms with van der Waals surface area (Å²) in [5.41, 5.74) is 12.8. The number of benzene rings is 4. The zero-order chi connectivity index (χ0) is 38.1. The summed E-state index contributed by atoms with van der Waals surface area (Å²) in [7, 11) is 1.55. The minimum atomic E-state index is -0.553. The van der Waals surface area contributed by atoms with Gasteiger partial charge < -0.3 is 34.5 Å². The fraction of sp³-hybridized carbons (Fsp3) is 0.326. The highest BCUT2D eigenvalue weighted by Crippen LogP contribution is 2.39. The molecule has 55 heavy (non-hydrogen) atoms. The maximum absolute atomic E-state index is 13.9. The molecule has 0 radical (unpaired) electrons. The summed E-state index contributed by atoms with van der Waals surface area (Å²) in [6.45, 7) is 3.67. The first-order valence-electron chi connectivity index (χ1n) is 18.7. The number of amides is 3. The highest BCUT2D eigenvalue weighted by molar-refractivity contribution is 6.04. The fourth-order valence-corrected chi connectivity index (χ4v) is 7.69. The van der Waals surface area contributed by atoms with Crippen molar-refractivity contribution in [3.8, 4) is 23.0 Å². The van der Waals surface area contributed by atoms with Crippen LogP contribution in [0.4, 0.5) is 11.4 Å². The summed E-state index contributed by atoms with van der Waals surface area (Å²) >= 11 is 0. The van der Waals surface area contributed by atoms with Gasteiger partial charge in [0.2, 0.25) is 0 Å². The van der Waals surface area contributed by atoms with Crippen LogP contribution >= 0.6 is 0 Å². The second-order valence-electron chi connectivity index (χ2n) is 14.3. The number of fused-ring (bicyclic) bond motifs is 6. The number of aliphatic imine (C=N–C) groups is 2. The van der Waals surface area contributed by atoms with Gasteiger partial charge in [-0.25, -0.2) is 0 Å². The van der Waals surface area contributed by atoms with Crippen LogP contribution in [0.15, 0.2) is 76.7 Å². The molecule has 0 saturated heterocycles. The normalized spacial score (nSPS) is 17.8. The Morgan fingerprint density at radius 1 is 0.709 bits per heavy atom. The van der Waals surface area contributed by atoms with Gasteiger partial charge in [-0.1, -0.05) is 30.3 Å². The first-order valence-corrected chi connectivity index (χ1v) is 18.7. The van der Waals surface area contributed by atoms with E-state index >= 15 is 0 Å². The first kappa shape index (κ1) is 35.8. The Morgan fingerprint density at radius 3 is 1.98 bits per heavy atom. The van der Waals surface area contributed by atoms with E-state index in [-0.39, 0.29) is 30.5 Å². The molecule has 0 saturated carbocycles. The Balaban J connectivity index is 0.847. The van der Waals surface area contributed by atoms with Crippen LogP contribution in [0, 0.1) is 6.92 Å². The van der Waals surface area contributed by atoms with Gasteiger partial charge >= 0.3 is 0 Å². The summed E-state index contributed by atoms with van der Waals surface area (Å²) in [5.74, 6) is 1.54. The second-order valence-corrected chi connectivity index (χ2v) is 14.3. The molecule has 0 fully saturated rings. The number of hydrogen-bond acceptors (Lipinski definition) is 9. The highest BCUT2D eigenvalue weighted by Gasteiger charge is 2.35. The molecule has 4 aliphatic rings. The predicted molar refractivity (Wildman–Crippen MR) is 208 cm³/mol. The van der Waals surface area contributed by atoms with Crippen molar-refractivity contribution in [2.75, 3.05) is 26.9 Å². The van der Waals surface area contributed by atoms with Gasteiger partial charge in [0.05, 0.1) is 54.9 Å². The summed E-state index contributed by atoms with van der Waals surface area (Å²) < 4.78 is 23.5. The van der Waals surface area contributed by atoms with Crippen LogP contribution in [-0.4, -0.2) is 79.0 Å². The quantitative estimate of drug-likeness (QED) is 0.174. The van der Waals surface area contributed by atoms with Gasteiger partial charge in [-0.3, -0.25) is 24.4 Å². The van der Waals surface area contributed by atoms with Gasteiger partial charge in [0.15, 0.2) is 18.1 Å². The van der Waals surface area contributed by atoms with E-state index in [0.29, 0.717) is 72.5 Å². The number of carbonyl (C=O) groups excluding carboxylic acids is 3. The lowest BCUT2D eigenvalue weighted by Crippen LogP contribution is -2.44. The lowest BCUT2D eigenvalue weighted by molar-refractivity contribution is -0.119. The lowest BCUT2D eigenvalue weighted by atomic mass is 9.93. The van der Waals surface area contributed by atoms with E-state index in [2.05, 4.69) is 12.1 Å². The van der Waals surface area contributed by atoms with Crippen LogP contribution < -0.4 is 24.7 Å². The Bertz CT molecular complexity index is 2230. The molecule has 0 unspecified atom stereocenters. The number of nitrogens with two attached hydrogens (primary N) is 1. The van der Waals surface area contributed by atoms with E-state index in [1.807, 2.05) is 66.7 Å². The van der Waals surface area contributed by atoms with Gasteiger partial charge in [0.1, 0.15) is 11.5 Å². The molecule has 0 aliphatic carbocycles. The Kier molecular flexibility index (Phi) is 9.96. The number of methoxy groups -OCH3 is 1. The third kappa shape index (κ3) is 7.36. The minimum Gasteiger partial charge on any atom is -0.493 e. The van der Waals surface area contributed by atoms with Crippen molar-refractivity contribution in [3.05, 3.63) is 106 Å². The van der Waals surface area contributed by atoms with Crippen molar-refractivity contribution in [3.63, 3.8) is 0 Å². The topological polar surface area (TPSA) is 145 Å². The van der Waals surface area contributed by atoms with Crippen LogP contribution in [0.2, 0.25) is 0 Å². The van der Waals surface area contributed by atoms with Crippen LogP contribution in [0.3, 0.4) is 0 Å². The molecule has 0 aromatic heterocycles. The Labute approximate surface area is 319 Å². The number of rotatable bonds is 12.